The number of carbonyl (C=O) groups excluding carboxylic acids is 1. The number of aryl methyl sites for hydroxylation is 1. The second-order valence-corrected chi connectivity index (χ2v) is 8.52. The lowest BCUT2D eigenvalue weighted by Crippen LogP contribution is -2.29. The number of aromatic nitrogens is 5. The van der Waals surface area contributed by atoms with Gasteiger partial charge in [-0.2, -0.15) is 23.5 Å². The zero-order chi connectivity index (χ0) is 27.8. The van der Waals surface area contributed by atoms with Crippen molar-refractivity contribution in [3.8, 4) is 11.8 Å². The standard InChI is InChI=1S/C24H20F3N7O4/c1-12(21-32-19(20(35)23(37)34(21)3)22(36)31-16-9-30-38-11-16)18(14-8-29-33(2)10-14)17-6-15(24(25,26)27)5-4-13(17)7-28/h4-6,8-12,18,35H,1-3H3,(H,31,36)/t12-,18-/m0/s1. The van der Waals surface area contributed by atoms with Crippen molar-refractivity contribution in [1.82, 2.24) is 24.5 Å². The van der Waals surface area contributed by atoms with Gasteiger partial charge in [-0.25, -0.2) is 4.98 Å². The van der Waals surface area contributed by atoms with E-state index in [9.17, 15) is 33.1 Å². The third-order valence-corrected chi connectivity index (χ3v) is 6.03. The average molecular weight is 527 g/mol. The normalized spacial score (nSPS) is 13.1. The van der Waals surface area contributed by atoms with Gasteiger partial charge < -0.3 is 14.9 Å². The van der Waals surface area contributed by atoms with Gasteiger partial charge in [0.1, 0.15) is 17.8 Å². The maximum Gasteiger partial charge on any atom is 0.416 e. The molecule has 14 heteroatoms. The molecular formula is C24H20F3N7O4. The molecule has 0 unspecified atom stereocenters. The summed E-state index contributed by atoms with van der Waals surface area (Å²) in [5.74, 6) is -3.72. The van der Waals surface area contributed by atoms with Crippen LogP contribution in [0.4, 0.5) is 18.9 Å². The first-order valence-corrected chi connectivity index (χ1v) is 11.0. The molecule has 1 amide bonds. The van der Waals surface area contributed by atoms with Crippen molar-refractivity contribution >= 4 is 11.6 Å². The van der Waals surface area contributed by atoms with E-state index in [2.05, 4.69) is 25.1 Å². The Hall–Kier alpha value is -4.93. The summed E-state index contributed by atoms with van der Waals surface area (Å²) in [5.41, 5.74) is -1.93. The maximum absolute atomic E-state index is 13.6. The summed E-state index contributed by atoms with van der Waals surface area (Å²) in [6.45, 7) is 1.58. The summed E-state index contributed by atoms with van der Waals surface area (Å²) in [4.78, 5) is 29.9. The third kappa shape index (κ3) is 4.85. The smallest absolute Gasteiger partial charge is 0.416 e. The van der Waals surface area contributed by atoms with Crippen LogP contribution in [-0.2, 0) is 20.3 Å². The van der Waals surface area contributed by atoms with Gasteiger partial charge >= 0.3 is 6.18 Å². The molecule has 0 saturated carbocycles. The van der Waals surface area contributed by atoms with Crippen molar-refractivity contribution in [1.29, 1.82) is 5.26 Å². The van der Waals surface area contributed by atoms with Crippen LogP contribution in [0.25, 0.3) is 0 Å². The van der Waals surface area contributed by atoms with Gasteiger partial charge in [0.25, 0.3) is 11.5 Å². The predicted molar refractivity (Wildman–Crippen MR) is 125 cm³/mol. The highest BCUT2D eigenvalue weighted by Gasteiger charge is 2.35. The summed E-state index contributed by atoms with van der Waals surface area (Å²) in [5, 5.41) is 30.1. The van der Waals surface area contributed by atoms with Crippen LogP contribution < -0.4 is 10.9 Å². The number of halogens is 3. The number of nitrogens with one attached hydrogen (secondary N) is 1. The molecule has 196 valence electrons. The Kier molecular flexibility index (Phi) is 6.77. The molecule has 0 aliphatic rings. The Bertz CT molecular complexity index is 1600. The van der Waals surface area contributed by atoms with Gasteiger partial charge in [-0.05, 0) is 29.3 Å². The second-order valence-electron chi connectivity index (χ2n) is 8.52. The van der Waals surface area contributed by atoms with Crippen molar-refractivity contribution in [2.45, 2.75) is 24.9 Å². The molecule has 0 fully saturated rings. The Morgan fingerprint density at radius 1 is 1.26 bits per heavy atom. The lowest BCUT2D eigenvalue weighted by Gasteiger charge is -2.26. The first-order valence-electron chi connectivity index (χ1n) is 11.0. The third-order valence-electron chi connectivity index (χ3n) is 6.03. The van der Waals surface area contributed by atoms with E-state index < -0.39 is 46.5 Å². The number of carbonyl (C=O) groups is 1. The van der Waals surface area contributed by atoms with Crippen molar-refractivity contribution in [3.63, 3.8) is 0 Å². The number of amides is 1. The number of hydrogen-bond donors (Lipinski definition) is 2. The van der Waals surface area contributed by atoms with Crippen LogP contribution >= 0.6 is 0 Å². The molecule has 1 aromatic carbocycles. The van der Waals surface area contributed by atoms with Crippen molar-refractivity contribution in [2.75, 3.05) is 5.32 Å². The lowest BCUT2D eigenvalue weighted by atomic mass is 9.79. The van der Waals surface area contributed by atoms with Gasteiger partial charge in [0, 0.05) is 32.1 Å². The Morgan fingerprint density at radius 2 is 2.00 bits per heavy atom. The fourth-order valence-electron chi connectivity index (χ4n) is 4.21. The Balaban J connectivity index is 1.91. The van der Waals surface area contributed by atoms with E-state index in [4.69, 9.17) is 0 Å². The largest absolute Gasteiger partial charge is 0.501 e. The molecule has 0 radical (unpaired) electrons. The first kappa shape index (κ1) is 26.1. The van der Waals surface area contributed by atoms with Gasteiger partial charge in [-0.1, -0.05) is 12.1 Å². The summed E-state index contributed by atoms with van der Waals surface area (Å²) >= 11 is 0. The highest BCUT2D eigenvalue weighted by molar-refractivity contribution is 6.04. The topological polar surface area (TPSA) is 152 Å². The van der Waals surface area contributed by atoms with Crippen LogP contribution in [0.1, 0.15) is 57.3 Å². The van der Waals surface area contributed by atoms with Gasteiger partial charge in [-0.15, -0.1) is 0 Å². The van der Waals surface area contributed by atoms with Crippen molar-refractivity contribution in [3.05, 3.63) is 87.2 Å². The number of rotatable bonds is 6. The number of hydrogen-bond acceptors (Lipinski definition) is 8. The molecule has 0 bridgehead atoms. The number of nitrogens with zero attached hydrogens (tertiary/aromatic N) is 6. The zero-order valence-electron chi connectivity index (χ0n) is 20.2. The molecular weight excluding hydrogens is 507 g/mol. The van der Waals surface area contributed by atoms with Crippen LogP contribution in [0, 0.1) is 11.3 Å². The minimum Gasteiger partial charge on any atom is -0.501 e. The van der Waals surface area contributed by atoms with Gasteiger partial charge in [0.2, 0.25) is 5.75 Å². The molecule has 3 aromatic heterocycles. The number of aromatic hydroxyl groups is 1. The molecule has 0 aliphatic carbocycles. The quantitative estimate of drug-likeness (QED) is 0.388. The number of benzene rings is 1. The van der Waals surface area contributed by atoms with Gasteiger partial charge in [0.05, 0.1) is 29.6 Å². The van der Waals surface area contributed by atoms with Gasteiger partial charge in [-0.3, -0.25) is 18.8 Å². The average Bonchev–Trinajstić information content (AvgIpc) is 3.54. The molecule has 0 saturated heterocycles. The van der Waals surface area contributed by atoms with Crippen LogP contribution in [-0.4, -0.2) is 35.5 Å². The predicted octanol–water partition coefficient (Wildman–Crippen LogP) is 3.29. The Morgan fingerprint density at radius 3 is 2.58 bits per heavy atom. The molecule has 4 aromatic rings. The molecule has 4 rings (SSSR count). The summed E-state index contributed by atoms with van der Waals surface area (Å²) in [6.07, 6.45) is 0.633. The summed E-state index contributed by atoms with van der Waals surface area (Å²) < 4.78 is 47.9. The summed E-state index contributed by atoms with van der Waals surface area (Å²) in [6, 6.07) is 4.70. The molecule has 2 N–H and O–H groups in total. The summed E-state index contributed by atoms with van der Waals surface area (Å²) in [7, 11) is 2.92. The van der Waals surface area contributed by atoms with E-state index in [-0.39, 0.29) is 22.6 Å². The Labute approximate surface area is 212 Å². The number of anilines is 1. The number of nitriles is 1. The molecule has 2 atom stereocenters. The molecule has 38 heavy (non-hydrogen) atoms. The van der Waals surface area contributed by atoms with Gasteiger partial charge in [0.15, 0.2) is 5.69 Å². The number of alkyl halides is 3. The lowest BCUT2D eigenvalue weighted by molar-refractivity contribution is -0.137. The van der Waals surface area contributed by atoms with Crippen LogP contribution in [0.2, 0.25) is 0 Å². The van der Waals surface area contributed by atoms with E-state index in [1.165, 1.54) is 24.1 Å². The highest BCUT2D eigenvalue weighted by atomic mass is 19.4. The van der Waals surface area contributed by atoms with Crippen LogP contribution in [0.5, 0.6) is 5.75 Å². The molecule has 0 spiro atoms. The highest BCUT2D eigenvalue weighted by Crippen LogP contribution is 2.41. The first-order chi connectivity index (χ1) is 17.9. The fraction of sp³-hybridized carbons (Fsp3) is 0.250. The minimum absolute atomic E-state index is 0.0205. The maximum atomic E-state index is 13.6. The van der Waals surface area contributed by atoms with Crippen molar-refractivity contribution in [2.24, 2.45) is 14.1 Å². The molecule has 3 heterocycles. The SMILES string of the molecule is C[C@H](c1nc(C(=O)Nc2cnoc2)c(O)c(=O)n1C)[C@@H](c1cnn(C)c1)c1cc(C(F)(F)F)ccc1C#N. The van der Waals surface area contributed by atoms with Crippen molar-refractivity contribution < 1.29 is 27.6 Å². The molecule has 11 nitrogen and oxygen atoms in total. The van der Waals surface area contributed by atoms with E-state index in [0.717, 1.165) is 29.0 Å². The monoisotopic (exact) mass is 527 g/mol. The second kappa shape index (κ2) is 9.85. The minimum atomic E-state index is -4.68. The van der Waals surface area contributed by atoms with Crippen LogP contribution in [0.15, 0.2) is 52.4 Å². The zero-order valence-corrected chi connectivity index (χ0v) is 20.2. The molecule has 0 aliphatic heterocycles. The van der Waals surface area contributed by atoms with E-state index in [1.54, 1.807) is 20.2 Å². The van der Waals surface area contributed by atoms with E-state index >= 15 is 0 Å². The van der Waals surface area contributed by atoms with Crippen LogP contribution in [0.3, 0.4) is 0 Å². The van der Waals surface area contributed by atoms with E-state index in [1.807, 2.05) is 6.07 Å². The van der Waals surface area contributed by atoms with E-state index in [0.29, 0.717) is 5.56 Å². The fourth-order valence-corrected chi connectivity index (χ4v) is 4.21.